The van der Waals surface area contributed by atoms with E-state index in [4.69, 9.17) is 18.5 Å². The van der Waals surface area contributed by atoms with Gasteiger partial charge in [0.2, 0.25) is 0 Å². The summed E-state index contributed by atoms with van der Waals surface area (Å²) >= 11 is 0. The van der Waals surface area contributed by atoms with Crippen molar-refractivity contribution in [3.8, 4) is 0 Å². The minimum atomic E-state index is -5.14. The molecule has 1 rings (SSSR count). The van der Waals surface area contributed by atoms with Crippen LogP contribution < -0.4 is 0 Å². The van der Waals surface area contributed by atoms with E-state index in [0.717, 1.165) is 70.6 Å². The van der Waals surface area contributed by atoms with E-state index in [2.05, 4.69) is 32.1 Å². The van der Waals surface area contributed by atoms with Gasteiger partial charge in [-0.3, -0.25) is 18.6 Å². The number of aliphatic hydroxyl groups is 6. The van der Waals surface area contributed by atoms with Gasteiger partial charge in [0, 0.05) is 12.8 Å². The van der Waals surface area contributed by atoms with Crippen LogP contribution in [0.2, 0.25) is 0 Å². The number of hydrogen-bond donors (Lipinski definition) is 7. The van der Waals surface area contributed by atoms with E-state index in [1.54, 1.807) is 6.08 Å². The molecular weight excluding hydrogens is 795 g/mol. The molecule has 0 spiro atoms. The molecule has 0 saturated heterocycles. The Morgan fingerprint density at radius 2 is 1.05 bits per heavy atom. The van der Waals surface area contributed by atoms with Crippen LogP contribution in [0.3, 0.4) is 0 Å². The topological polar surface area (TPSA) is 230 Å². The summed E-state index contributed by atoms with van der Waals surface area (Å²) in [6, 6.07) is 0. The van der Waals surface area contributed by atoms with E-state index in [1.165, 1.54) is 57.8 Å². The van der Waals surface area contributed by atoms with Crippen molar-refractivity contribution in [1.82, 2.24) is 0 Å². The smallest absolute Gasteiger partial charge is 0.462 e. The predicted molar refractivity (Wildman–Crippen MR) is 232 cm³/mol. The number of aliphatic hydroxyl groups excluding tert-OH is 6. The van der Waals surface area contributed by atoms with Gasteiger partial charge in [0.25, 0.3) is 0 Å². The summed E-state index contributed by atoms with van der Waals surface area (Å²) in [6.45, 7) is 3.16. The Morgan fingerprint density at radius 3 is 1.65 bits per heavy atom. The Morgan fingerprint density at radius 1 is 0.583 bits per heavy atom. The summed E-state index contributed by atoms with van der Waals surface area (Å²) in [4.78, 5) is 35.7. The Kier molecular flexibility index (Phi) is 33.1. The van der Waals surface area contributed by atoms with Crippen molar-refractivity contribution in [1.29, 1.82) is 0 Å². The van der Waals surface area contributed by atoms with Crippen LogP contribution in [0.25, 0.3) is 0 Å². The number of phosphoric ester groups is 1. The molecule has 1 aliphatic carbocycles. The van der Waals surface area contributed by atoms with Crippen LogP contribution in [0.15, 0.2) is 36.5 Å². The number of esters is 2. The summed E-state index contributed by atoms with van der Waals surface area (Å²) in [7, 11) is -5.14. The highest BCUT2D eigenvalue weighted by molar-refractivity contribution is 7.47. The van der Waals surface area contributed by atoms with Crippen molar-refractivity contribution in [3.05, 3.63) is 36.5 Å². The fourth-order valence-corrected chi connectivity index (χ4v) is 7.74. The Balaban J connectivity index is 2.51. The second kappa shape index (κ2) is 35.5. The molecule has 0 aliphatic heterocycles. The summed E-state index contributed by atoms with van der Waals surface area (Å²) < 4.78 is 33.4. The zero-order valence-corrected chi connectivity index (χ0v) is 37.5. The van der Waals surface area contributed by atoms with E-state index in [1.807, 2.05) is 12.2 Å². The zero-order valence-electron chi connectivity index (χ0n) is 36.6. The van der Waals surface area contributed by atoms with Crippen molar-refractivity contribution in [2.45, 2.75) is 223 Å². The molecule has 1 aliphatic rings. The molecule has 0 radical (unpaired) electrons. The fraction of sp³-hybridized carbons (Fsp3) is 0.822. The van der Waals surface area contributed by atoms with Crippen molar-refractivity contribution >= 4 is 19.8 Å². The number of ether oxygens (including phenoxy) is 2. The lowest BCUT2D eigenvalue weighted by atomic mass is 9.85. The van der Waals surface area contributed by atoms with Gasteiger partial charge in [-0.25, -0.2) is 4.57 Å². The highest BCUT2D eigenvalue weighted by Gasteiger charge is 2.51. The first-order valence-corrected chi connectivity index (χ1v) is 24.4. The highest BCUT2D eigenvalue weighted by atomic mass is 31.2. The summed E-state index contributed by atoms with van der Waals surface area (Å²) in [6.07, 6.45) is 22.1. The molecule has 15 heteroatoms. The molecule has 14 nitrogen and oxygen atoms in total. The van der Waals surface area contributed by atoms with Gasteiger partial charge in [-0.2, -0.15) is 0 Å². The molecule has 0 aromatic heterocycles. The number of carbonyl (C=O) groups is 2. The summed E-state index contributed by atoms with van der Waals surface area (Å²) in [5, 5.41) is 60.3. The molecule has 7 N–H and O–H groups in total. The average molecular weight is 877 g/mol. The second-order valence-electron chi connectivity index (χ2n) is 16.1. The summed E-state index contributed by atoms with van der Waals surface area (Å²) in [5.41, 5.74) is 0. The van der Waals surface area contributed by atoms with E-state index < -0.39 is 81.8 Å². The molecule has 0 bridgehead atoms. The molecule has 0 aromatic carbocycles. The van der Waals surface area contributed by atoms with Crippen molar-refractivity contribution in [2.75, 3.05) is 13.2 Å². The first-order valence-electron chi connectivity index (χ1n) is 22.9. The zero-order chi connectivity index (χ0) is 44.4. The van der Waals surface area contributed by atoms with Crippen LogP contribution in [0.1, 0.15) is 174 Å². The molecule has 350 valence electrons. The molecule has 0 amide bonds. The van der Waals surface area contributed by atoms with Crippen LogP contribution in [-0.2, 0) is 32.7 Å². The van der Waals surface area contributed by atoms with Crippen molar-refractivity contribution in [2.24, 2.45) is 0 Å². The minimum absolute atomic E-state index is 0.0289. The maximum Gasteiger partial charge on any atom is 0.472 e. The van der Waals surface area contributed by atoms with Crippen LogP contribution in [0, 0.1) is 0 Å². The third kappa shape index (κ3) is 27.9. The quantitative estimate of drug-likeness (QED) is 0.0105. The maximum atomic E-state index is 12.8. The third-order valence-electron chi connectivity index (χ3n) is 10.6. The van der Waals surface area contributed by atoms with Crippen molar-refractivity contribution < 1.29 is 68.2 Å². The first kappa shape index (κ1) is 56.0. The molecule has 7 atom stereocenters. The number of allylic oxidation sites excluding steroid dienone is 5. The lowest BCUT2D eigenvalue weighted by Crippen LogP contribution is -2.64. The number of hydrogen-bond acceptors (Lipinski definition) is 13. The van der Waals surface area contributed by atoms with Gasteiger partial charge in [-0.05, 0) is 57.8 Å². The molecule has 0 aromatic rings. The highest BCUT2D eigenvalue weighted by Crippen LogP contribution is 2.47. The van der Waals surface area contributed by atoms with E-state index in [9.17, 15) is 49.7 Å². The maximum absolute atomic E-state index is 12.8. The van der Waals surface area contributed by atoms with E-state index in [-0.39, 0.29) is 12.8 Å². The molecule has 60 heavy (non-hydrogen) atoms. The summed E-state index contributed by atoms with van der Waals surface area (Å²) in [5.74, 6) is -1.18. The number of phosphoric acid groups is 1. The van der Waals surface area contributed by atoms with E-state index in [0.29, 0.717) is 19.3 Å². The van der Waals surface area contributed by atoms with Crippen LogP contribution in [-0.4, -0.2) is 110 Å². The van der Waals surface area contributed by atoms with E-state index >= 15 is 0 Å². The number of carbonyl (C=O) groups excluding carboxylic acids is 2. The standard InChI is InChI=1S/C45H81O14P/c1-3-5-7-9-11-12-13-14-15-16-17-18-20-24-28-32-38(47)56-34-37(35-57-60(54,55)59-45-43(52)41(50)40(49)42(51)44(45)53)58-39(48)33-29-25-21-23-27-31-36(46)30-26-22-19-10-8-6-4-2/h14-15,19,22,26,30,36-37,40-46,49-53H,3-13,16-18,20-21,23-25,27-29,31-35H2,1-2H3,(H,54,55)/b15-14-,22-19-,30-26+. The Bertz CT molecular complexity index is 1210. The first-order chi connectivity index (χ1) is 28.8. The van der Waals surface area contributed by atoms with Gasteiger partial charge in [0.05, 0.1) is 12.7 Å². The molecule has 0 heterocycles. The Hall–Kier alpha value is -1.97. The number of rotatable bonds is 37. The van der Waals surface area contributed by atoms with Crippen molar-refractivity contribution in [3.63, 3.8) is 0 Å². The second-order valence-corrected chi connectivity index (χ2v) is 17.5. The monoisotopic (exact) mass is 877 g/mol. The SMILES string of the molecule is CCCCC/C=C\C=C\C(O)CCCCCCCC(=O)OC(COC(=O)CCCCCCC/C=C\CCCCCCCC)COP(=O)(O)OC1C(O)C(O)C(O)C(O)C1O. The largest absolute Gasteiger partial charge is 0.472 e. The van der Waals surface area contributed by atoms with Gasteiger partial charge in [0.1, 0.15) is 43.2 Å². The van der Waals surface area contributed by atoms with Gasteiger partial charge in [-0.15, -0.1) is 0 Å². The van der Waals surface area contributed by atoms with Crippen LogP contribution in [0.5, 0.6) is 0 Å². The minimum Gasteiger partial charge on any atom is -0.462 e. The molecule has 1 saturated carbocycles. The van der Waals surface area contributed by atoms with Gasteiger partial charge < -0.3 is 45.0 Å². The average Bonchev–Trinajstić information content (AvgIpc) is 3.22. The van der Waals surface area contributed by atoms with Crippen LogP contribution >= 0.6 is 7.82 Å². The van der Waals surface area contributed by atoms with Gasteiger partial charge >= 0.3 is 19.8 Å². The number of unbranched alkanes of at least 4 members (excludes halogenated alkanes) is 18. The fourth-order valence-electron chi connectivity index (χ4n) is 6.77. The Labute approximate surface area is 360 Å². The van der Waals surface area contributed by atoms with Crippen LogP contribution in [0.4, 0.5) is 0 Å². The lowest BCUT2D eigenvalue weighted by Gasteiger charge is -2.41. The molecule has 1 fully saturated rings. The molecule has 7 unspecified atom stereocenters. The lowest BCUT2D eigenvalue weighted by molar-refractivity contribution is -0.220. The normalized spacial score (nSPS) is 23.0. The van der Waals surface area contributed by atoms with Gasteiger partial charge in [0.15, 0.2) is 6.10 Å². The predicted octanol–water partition coefficient (Wildman–Crippen LogP) is 7.58. The van der Waals surface area contributed by atoms with Gasteiger partial charge in [-0.1, -0.05) is 140 Å². The third-order valence-corrected chi connectivity index (χ3v) is 11.5. The molecular formula is C45H81O14P.